The van der Waals surface area contributed by atoms with Gasteiger partial charge in [-0.1, -0.05) is 78.1 Å². The Balaban J connectivity index is 1.42. The molecule has 0 atom stereocenters. The van der Waals surface area contributed by atoms with Crippen molar-refractivity contribution < 1.29 is 4.79 Å². The molecular weight excluding hydrogens is 701 g/mol. The standard InChI is InChI=1S/C37H43BrOS5/c1-3-5-7-9-11-13-15-26-23-33(43-36(26)31-20-19-30(41-31)29-18-17-28(25-39)40-29)34-24-27(16-14-12-10-8-6-4-2)37(44-34)32-21-22-35(38)42-32/h17-25H,3-16H2,1-2H3. The maximum atomic E-state index is 11.3. The average molecular weight is 744 g/mol. The summed E-state index contributed by atoms with van der Waals surface area (Å²) in [6.45, 7) is 4.58. The number of rotatable bonds is 19. The summed E-state index contributed by atoms with van der Waals surface area (Å²) >= 11 is 13.0. The minimum atomic E-state index is 0.792. The van der Waals surface area contributed by atoms with Gasteiger partial charge < -0.3 is 0 Å². The smallest absolute Gasteiger partial charge is 0.160 e. The van der Waals surface area contributed by atoms with E-state index in [2.05, 4.69) is 72.2 Å². The normalized spacial score (nSPS) is 11.5. The SMILES string of the molecule is CCCCCCCCc1cc(-c2cc(CCCCCCCC)c(-c3ccc(-c4ccc(C=O)s4)s3)s2)sc1-c1ccc(Br)s1. The van der Waals surface area contributed by atoms with Crippen molar-refractivity contribution in [2.45, 2.75) is 104 Å². The van der Waals surface area contributed by atoms with Crippen molar-refractivity contribution in [2.75, 3.05) is 0 Å². The van der Waals surface area contributed by atoms with Crippen LogP contribution in [0.25, 0.3) is 39.0 Å². The van der Waals surface area contributed by atoms with Crippen LogP contribution in [0.15, 0.2) is 52.3 Å². The summed E-state index contributed by atoms with van der Waals surface area (Å²) in [4.78, 5) is 23.0. The molecule has 5 rings (SSSR count). The number of hydrogen-bond donors (Lipinski definition) is 0. The summed E-state index contributed by atoms with van der Waals surface area (Å²) < 4.78 is 1.20. The van der Waals surface area contributed by atoms with Gasteiger partial charge in [-0.05, 0) is 101 Å². The third-order valence-electron chi connectivity index (χ3n) is 8.07. The summed E-state index contributed by atoms with van der Waals surface area (Å²) in [6.07, 6.45) is 19.1. The van der Waals surface area contributed by atoms with Gasteiger partial charge in [-0.3, -0.25) is 4.79 Å². The van der Waals surface area contributed by atoms with Crippen LogP contribution < -0.4 is 0 Å². The minimum Gasteiger partial charge on any atom is -0.297 e. The van der Waals surface area contributed by atoms with E-state index >= 15 is 0 Å². The third kappa shape index (κ3) is 9.13. The molecule has 0 aromatic carbocycles. The van der Waals surface area contributed by atoms with Crippen molar-refractivity contribution in [1.82, 2.24) is 0 Å². The molecule has 1 nitrogen and oxygen atoms in total. The van der Waals surface area contributed by atoms with Gasteiger partial charge in [0.15, 0.2) is 6.29 Å². The van der Waals surface area contributed by atoms with Crippen LogP contribution in [-0.4, -0.2) is 6.29 Å². The Hall–Kier alpha value is -1.35. The monoisotopic (exact) mass is 742 g/mol. The van der Waals surface area contributed by atoms with E-state index in [1.165, 1.54) is 131 Å². The molecule has 0 amide bonds. The summed E-state index contributed by atoms with van der Waals surface area (Å²) in [5.74, 6) is 0. The van der Waals surface area contributed by atoms with Gasteiger partial charge in [0, 0.05) is 39.0 Å². The topological polar surface area (TPSA) is 17.1 Å². The molecule has 0 radical (unpaired) electrons. The first-order valence-corrected chi connectivity index (χ1v) is 21.1. The Morgan fingerprint density at radius 2 is 1.00 bits per heavy atom. The second kappa shape index (κ2) is 17.5. The molecule has 0 saturated carbocycles. The van der Waals surface area contributed by atoms with Crippen LogP contribution in [0.4, 0.5) is 0 Å². The van der Waals surface area contributed by atoms with E-state index in [4.69, 9.17) is 0 Å². The summed E-state index contributed by atoms with van der Waals surface area (Å²) in [5, 5.41) is 0. The zero-order chi connectivity index (χ0) is 30.7. The summed E-state index contributed by atoms with van der Waals surface area (Å²) in [6, 6.07) is 18.1. The van der Waals surface area contributed by atoms with Crippen molar-refractivity contribution in [2.24, 2.45) is 0 Å². The van der Waals surface area contributed by atoms with E-state index in [0.717, 1.165) is 24.0 Å². The summed E-state index contributed by atoms with van der Waals surface area (Å²) in [5.41, 5.74) is 3.02. The van der Waals surface area contributed by atoms with Crippen LogP contribution >= 0.6 is 72.6 Å². The molecule has 5 heterocycles. The number of hydrogen-bond acceptors (Lipinski definition) is 6. The van der Waals surface area contributed by atoms with Crippen LogP contribution in [-0.2, 0) is 12.8 Å². The number of carbonyl (C=O) groups excluding carboxylic acids is 1. The molecule has 44 heavy (non-hydrogen) atoms. The highest BCUT2D eigenvalue weighted by Crippen LogP contribution is 2.48. The predicted octanol–water partition coefficient (Wildman–Crippen LogP) is 15.0. The molecule has 0 bridgehead atoms. The number of aryl methyl sites for hydroxylation is 2. The molecule has 0 aliphatic carbocycles. The fourth-order valence-corrected chi connectivity index (χ4v) is 11.7. The molecule has 0 saturated heterocycles. The zero-order valence-corrected chi connectivity index (χ0v) is 31.6. The Bertz CT molecular complexity index is 1590. The van der Waals surface area contributed by atoms with Crippen molar-refractivity contribution in [3.8, 4) is 39.0 Å². The first-order valence-electron chi connectivity index (χ1n) is 16.3. The molecular formula is C37H43BrOS5. The van der Waals surface area contributed by atoms with E-state index in [-0.39, 0.29) is 0 Å². The van der Waals surface area contributed by atoms with Gasteiger partial charge in [0.1, 0.15) is 0 Å². The molecule has 0 N–H and O–H groups in total. The van der Waals surface area contributed by atoms with Crippen LogP contribution in [0, 0.1) is 0 Å². The van der Waals surface area contributed by atoms with Crippen LogP contribution in [0.1, 0.15) is 112 Å². The lowest BCUT2D eigenvalue weighted by Crippen LogP contribution is -1.86. The first kappa shape index (κ1) is 34.0. The number of halogens is 1. The van der Waals surface area contributed by atoms with Crippen molar-refractivity contribution in [3.05, 3.63) is 68.3 Å². The zero-order valence-electron chi connectivity index (χ0n) is 25.9. The van der Waals surface area contributed by atoms with Gasteiger partial charge in [0.05, 0.1) is 8.66 Å². The highest BCUT2D eigenvalue weighted by atomic mass is 79.9. The molecule has 5 aromatic rings. The second-order valence-electron chi connectivity index (χ2n) is 11.6. The molecule has 0 aliphatic heterocycles. The van der Waals surface area contributed by atoms with Crippen molar-refractivity contribution in [3.63, 3.8) is 0 Å². The quantitative estimate of drug-likeness (QED) is 0.0608. The van der Waals surface area contributed by atoms with Gasteiger partial charge >= 0.3 is 0 Å². The number of aldehydes is 1. The van der Waals surface area contributed by atoms with E-state index in [1.807, 2.05) is 51.4 Å². The predicted molar refractivity (Wildman–Crippen MR) is 205 cm³/mol. The Kier molecular flexibility index (Phi) is 13.5. The van der Waals surface area contributed by atoms with Crippen LogP contribution in [0.5, 0.6) is 0 Å². The average Bonchev–Trinajstić information content (AvgIpc) is 3.86. The molecule has 0 unspecified atom stereocenters. The Morgan fingerprint density at radius 3 is 1.52 bits per heavy atom. The largest absolute Gasteiger partial charge is 0.297 e. The maximum absolute atomic E-state index is 11.3. The van der Waals surface area contributed by atoms with Crippen molar-refractivity contribution in [1.29, 1.82) is 0 Å². The van der Waals surface area contributed by atoms with Gasteiger partial charge in [0.25, 0.3) is 0 Å². The molecule has 0 spiro atoms. The van der Waals surface area contributed by atoms with Gasteiger partial charge in [-0.15, -0.1) is 56.7 Å². The van der Waals surface area contributed by atoms with E-state index in [1.54, 1.807) is 11.3 Å². The van der Waals surface area contributed by atoms with Crippen LogP contribution in [0.2, 0.25) is 0 Å². The minimum absolute atomic E-state index is 0.792. The van der Waals surface area contributed by atoms with Gasteiger partial charge in [0.2, 0.25) is 0 Å². The Labute approximate surface area is 292 Å². The number of thiophene rings is 5. The fraction of sp³-hybridized carbons (Fsp3) is 0.432. The lowest BCUT2D eigenvalue weighted by atomic mass is 10.0. The van der Waals surface area contributed by atoms with Crippen molar-refractivity contribution >= 4 is 78.9 Å². The van der Waals surface area contributed by atoms with Gasteiger partial charge in [-0.25, -0.2) is 0 Å². The highest BCUT2D eigenvalue weighted by Gasteiger charge is 2.19. The number of carbonyl (C=O) groups is 1. The van der Waals surface area contributed by atoms with E-state index in [0.29, 0.717) is 0 Å². The first-order chi connectivity index (χ1) is 21.6. The van der Waals surface area contributed by atoms with Gasteiger partial charge in [-0.2, -0.15) is 0 Å². The molecule has 5 aromatic heterocycles. The lowest BCUT2D eigenvalue weighted by Gasteiger charge is -2.03. The fourth-order valence-electron chi connectivity index (χ4n) is 5.66. The molecule has 234 valence electrons. The third-order valence-corrected chi connectivity index (χ3v) is 14.9. The maximum Gasteiger partial charge on any atom is 0.160 e. The highest BCUT2D eigenvalue weighted by molar-refractivity contribution is 9.11. The van der Waals surface area contributed by atoms with E-state index in [9.17, 15) is 4.79 Å². The molecule has 0 aliphatic rings. The number of unbranched alkanes of at least 4 members (excludes halogenated alkanes) is 10. The summed E-state index contributed by atoms with van der Waals surface area (Å²) in [7, 11) is 0. The van der Waals surface area contributed by atoms with E-state index < -0.39 is 0 Å². The Morgan fingerprint density at radius 1 is 0.523 bits per heavy atom. The lowest BCUT2D eigenvalue weighted by molar-refractivity contribution is 0.112. The van der Waals surface area contributed by atoms with Crippen LogP contribution in [0.3, 0.4) is 0 Å². The second-order valence-corrected chi connectivity index (χ2v) is 18.3. The molecule has 7 heteroatoms. The molecule has 0 fully saturated rings.